The van der Waals surface area contributed by atoms with Gasteiger partial charge in [0, 0.05) is 0 Å². The Hall–Kier alpha value is -2.73. The minimum absolute atomic E-state index is 0.173. The van der Waals surface area contributed by atoms with Crippen molar-refractivity contribution in [2.24, 2.45) is 4.99 Å². The van der Waals surface area contributed by atoms with E-state index < -0.39 is 0 Å². The number of hydrogen-bond donors (Lipinski definition) is 1. The molecule has 1 N–H and O–H groups in total. The van der Waals surface area contributed by atoms with Gasteiger partial charge in [0.2, 0.25) is 0 Å². The molecule has 116 valence electrons. The van der Waals surface area contributed by atoms with E-state index >= 15 is 0 Å². The summed E-state index contributed by atoms with van der Waals surface area (Å²) in [5.74, 6) is 1.21. The van der Waals surface area contributed by atoms with Crippen LogP contribution in [0.1, 0.15) is 5.76 Å². The molecule has 23 heavy (non-hydrogen) atoms. The molecule has 0 aliphatic carbocycles. The van der Waals surface area contributed by atoms with Gasteiger partial charge in [-0.3, -0.25) is 4.79 Å². The molecule has 6 heteroatoms. The number of nitrogens with one attached hydrogen (secondary N) is 1. The summed E-state index contributed by atoms with van der Waals surface area (Å²) in [7, 11) is 1.59. The number of allylic oxidation sites excluding steroid dienone is 2. The maximum atomic E-state index is 12.0. The summed E-state index contributed by atoms with van der Waals surface area (Å²) >= 11 is 1.28. The molecule has 0 saturated carbocycles. The Morgan fingerprint density at radius 1 is 1.26 bits per heavy atom. The van der Waals surface area contributed by atoms with E-state index in [1.54, 1.807) is 31.6 Å². The van der Waals surface area contributed by atoms with Crippen molar-refractivity contribution in [3.8, 4) is 5.75 Å². The van der Waals surface area contributed by atoms with Crippen LogP contribution in [0.2, 0.25) is 0 Å². The largest absolute Gasteiger partial charge is 0.494 e. The predicted molar refractivity (Wildman–Crippen MR) is 91.6 cm³/mol. The Labute approximate surface area is 137 Å². The van der Waals surface area contributed by atoms with E-state index in [1.165, 1.54) is 11.8 Å². The van der Waals surface area contributed by atoms with Gasteiger partial charge in [0.15, 0.2) is 5.17 Å². The van der Waals surface area contributed by atoms with Gasteiger partial charge in [-0.25, -0.2) is 4.99 Å². The number of rotatable bonds is 4. The Morgan fingerprint density at radius 3 is 2.91 bits per heavy atom. The third-order valence-electron chi connectivity index (χ3n) is 3.01. The minimum Gasteiger partial charge on any atom is -0.494 e. The number of amides is 1. The van der Waals surface area contributed by atoms with E-state index in [2.05, 4.69) is 10.3 Å². The van der Waals surface area contributed by atoms with Crippen LogP contribution in [0.5, 0.6) is 5.75 Å². The summed E-state index contributed by atoms with van der Waals surface area (Å²) in [6.07, 6.45) is 6.89. The first kappa shape index (κ1) is 15.2. The number of benzene rings is 1. The number of carbonyl (C=O) groups excluding carboxylic acids is 1. The van der Waals surface area contributed by atoms with Crippen molar-refractivity contribution in [1.29, 1.82) is 0 Å². The standard InChI is InChI=1S/C17H14N2O3S/c1-21-14-9-3-2-8-13(14)18-17-19-16(20)15(23-17)10-4-6-12-7-5-11-22-12/h2-11H,1H3,(H,18,19,20). The van der Waals surface area contributed by atoms with Crippen molar-refractivity contribution in [2.75, 3.05) is 7.11 Å². The molecule has 2 aromatic rings. The molecule has 1 fully saturated rings. The molecule has 0 bridgehead atoms. The third-order valence-corrected chi connectivity index (χ3v) is 3.94. The van der Waals surface area contributed by atoms with Crippen LogP contribution in [-0.2, 0) is 4.79 Å². The molecule has 3 rings (SSSR count). The van der Waals surface area contributed by atoms with Crippen LogP contribution in [0, 0.1) is 0 Å². The van der Waals surface area contributed by atoms with Gasteiger partial charge in [-0.2, -0.15) is 0 Å². The van der Waals surface area contributed by atoms with Crippen LogP contribution in [0.15, 0.2) is 69.1 Å². The van der Waals surface area contributed by atoms with Crippen molar-refractivity contribution in [3.05, 3.63) is 65.5 Å². The molecule has 0 atom stereocenters. The Bertz CT molecular complexity index is 792. The smallest absolute Gasteiger partial charge is 0.264 e. The Balaban J connectivity index is 1.75. The molecule has 1 aromatic heterocycles. The third kappa shape index (κ3) is 3.73. The molecular weight excluding hydrogens is 312 g/mol. The molecule has 0 spiro atoms. The molecule has 1 aliphatic heterocycles. The van der Waals surface area contributed by atoms with Crippen molar-refractivity contribution in [2.45, 2.75) is 0 Å². The second-order valence-electron chi connectivity index (χ2n) is 4.55. The summed E-state index contributed by atoms with van der Waals surface area (Å²) < 4.78 is 10.4. The lowest BCUT2D eigenvalue weighted by Crippen LogP contribution is -2.19. The van der Waals surface area contributed by atoms with Crippen LogP contribution in [0.4, 0.5) is 5.69 Å². The summed E-state index contributed by atoms with van der Waals surface area (Å²) in [5.41, 5.74) is 0.671. The van der Waals surface area contributed by atoms with Gasteiger partial charge in [-0.05, 0) is 48.2 Å². The van der Waals surface area contributed by atoms with Gasteiger partial charge < -0.3 is 14.5 Å². The van der Waals surface area contributed by atoms with E-state index in [0.29, 0.717) is 21.5 Å². The number of aliphatic imine (C=N–C) groups is 1. The minimum atomic E-state index is -0.173. The van der Waals surface area contributed by atoms with E-state index in [1.807, 2.05) is 36.4 Å². The number of carbonyl (C=O) groups is 1. The number of para-hydroxylation sites is 2. The molecule has 2 heterocycles. The quantitative estimate of drug-likeness (QED) is 0.870. The first-order valence-electron chi connectivity index (χ1n) is 6.89. The summed E-state index contributed by atoms with van der Waals surface area (Å²) in [5, 5.41) is 3.27. The lowest BCUT2D eigenvalue weighted by molar-refractivity contribution is -0.115. The summed E-state index contributed by atoms with van der Waals surface area (Å²) in [6, 6.07) is 11.0. The molecule has 1 amide bonds. The number of methoxy groups -OCH3 is 1. The molecule has 1 saturated heterocycles. The Kier molecular flexibility index (Phi) is 4.63. The van der Waals surface area contributed by atoms with Gasteiger partial charge in [0.05, 0.1) is 18.3 Å². The highest BCUT2D eigenvalue weighted by atomic mass is 32.2. The lowest BCUT2D eigenvalue weighted by Gasteiger charge is -2.03. The fraction of sp³-hybridized carbons (Fsp3) is 0.0588. The van der Waals surface area contributed by atoms with Crippen molar-refractivity contribution >= 4 is 34.6 Å². The maximum absolute atomic E-state index is 12.0. The summed E-state index contributed by atoms with van der Waals surface area (Å²) in [4.78, 5) is 16.9. The number of nitrogens with zero attached hydrogens (tertiary/aromatic N) is 1. The van der Waals surface area contributed by atoms with E-state index in [4.69, 9.17) is 9.15 Å². The van der Waals surface area contributed by atoms with Crippen LogP contribution in [-0.4, -0.2) is 18.2 Å². The van der Waals surface area contributed by atoms with Crippen molar-refractivity contribution < 1.29 is 13.9 Å². The van der Waals surface area contributed by atoms with Gasteiger partial charge in [-0.1, -0.05) is 18.2 Å². The van der Waals surface area contributed by atoms with Crippen molar-refractivity contribution in [3.63, 3.8) is 0 Å². The zero-order valence-corrected chi connectivity index (χ0v) is 13.2. The topological polar surface area (TPSA) is 63.8 Å². The average Bonchev–Trinajstić information content (AvgIpc) is 3.18. The van der Waals surface area contributed by atoms with Gasteiger partial charge >= 0.3 is 0 Å². The number of thioether (sulfide) groups is 1. The zero-order valence-electron chi connectivity index (χ0n) is 12.4. The average molecular weight is 326 g/mol. The highest BCUT2D eigenvalue weighted by molar-refractivity contribution is 8.18. The van der Waals surface area contributed by atoms with Crippen LogP contribution in [0.25, 0.3) is 6.08 Å². The van der Waals surface area contributed by atoms with Crippen LogP contribution in [0.3, 0.4) is 0 Å². The number of furan rings is 1. The second-order valence-corrected chi connectivity index (χ2v) is 5.58. The van der Waals surface area contributed by atoms with Gasteiger partial charge in [0.1, 0.15) is 17.2 Å². The van der Waals surface area contributed by atoms with Crippen LogP contribution < -0.4 is 10.1 Å². The van der Waals surface area contributed by atoms with E-state index in [9.17, 15) is 4.79 Å². The second kappa shape index (κ2) is 7.02. The number of ether oxygens (including phenoxy) is 1. The zero-order chi connectivity index (χ0) is 16.1. The summed E-state index contributed by atoms with van der Waals surface area (Å²) in [6.45, 7) is 0. The monoisotopic (exact) mass is 326 g/mol. The molecule has 5 nitrogen and oxygen atoms in total. The fourth-order valence-corrected chi connectivity index (χ4v) is 2.73. The lowest BCUT2D eigenvalue weighted by atomic mass is 10.3. The van der Waals surface area contributed by atoms with E-state index in [0.717, 1.165) is 5.76 Å². The predicted octanol–water partition coefficient (Wildman–Crippen LogP) is 3.74. The fourth-order valence-electron chi connectivity index (χ4n) is 1.94. The van der Waals surface area contributed by atoms with Gasteiger partial charge in [0.25, 0.3) is 5.91 Å². The number of amidine groups is 1. The SMILES string of the molecule is COc1ccccc1N=C1NC(=O)C(=CC=Cc2ccco2)S1. The Morgan fingerprint density at radius 2 is 2.13 bits per heavy atom. The molecule has 1 aromatic carbocycles. The normalized spacial score (nSPS) is 18.0. The first-order valence-corrected chi connectivity index (χ1v) is 7.70. The van der Waals surface area contributed by atoms with Crippen molar-refractivity contribution in [1.82, 2.24) is 5.32 Å². The number of hydrogen-bond acceptors (Lipinski definition) is 5. The van der Waals surface area contributed by atoms with Gasteiger partial charge in [-0.15, -0.1) is 0 Å². The highest BCUT2D eigenvalue weighted by Gasteiger charge is 2.23. The first-order chi connectivity index (χ1) is 11.3. The molecular formula is C17H14N2O3S. The van der Waals surface area contributed by atoms with E-state index in [-0.39, 0.29) is 5.91 Å². The molecule has 0 unspecified atom stereocenters. The van der Waals surface area contributed by atoms with Crippen LogP contribution >= 0.6 is 11.8 Å². The highest BCUT2D eigenvalue weighted by Crippen LogP contribution is 2.31. The molecule has 1 aliphatic rings. The maximum Gasteiger partial charge on any atom is 0.264 e. The molecule has 0 radical (unpaired) electrons.